The summed E-state index contributed by atoms with van der Waals surface area (Å²) in [6.07, 6.45) is 2.59. The zero-order valence-corrected chi connectivity index (χ0v) is 16.3. The Balaban J connectivity index is 1.88. The predicted octanol–water partition coefficient (Wildman–Crippen LogP) is 4.19. The van der Waals surface area contributed by atoms with Crippen LogP contribution in [0.25, 0.3) is 5.57 Å². The number of aliphatic imine (C=N–C) groups is 1. The Morgan fingerprint density at radius 2 is 1.86 bits per heavy atom. The van der Waals surface area contributed by atoms with Gasteiger partial charge >= 0.3 is 0 Å². The fourth-order valence-corrected chi connectivity index (χ4v) is 3.10. The van der Waals surface area contributed by atoms with E-state index in [2.05, 4.69) is 23.9 Å². The van der Waals surface area contributed by atoms with Gasteiger partial charge in [0.2, 0.25) is 0 Å². The van der Waals surface area contributed by atoms with Crippen molar-refractivity contribution in [3.63, 3.8) is 0 Å². The molecule has 2 aromatic carbocycles. The Morgan fingerprint density at radius 1 is 1.18 bits per heavy atom. The zero-order valence-electron chi connectivity index (χ0n) is 16.3. The molecule has 2 N–H and O–H groups in total. The smallest absolute Gasteiger partial charge is 0.271 e. The summed E-state index contributed by atoms with van der Waals surface area (Å²) in [5.41, 5.74) is 3.61. The van der Waals surface area contributed by atoms with Crippen LogP contribution in [0.2, 0.25) is 0 Å². The summed E-state index contributed by atoms with van der Waals surface area (Å²) in [5.74, 6) is 7.26. The van der Waals surface area contributed by atoms with Crippen molar-refractivity contribution in [3.05, 3.63) is 71.4 Å². The minimum Gasteiger partial charge on any atom is -0.497 e. The Bertz CT molecular complexity index is 886. The number of hydrogen-bond acceptors (Lipinski definition) is 4. The number of nitrogens with zero attached hydrogens (tertiary/aromatic N) is 3. The van der Waals surface area contributed by atoms with E-state index in [1.807, 2.05) is 48.5 Å². The lowest BCUT2D eigenvalue weighted by Gasteiger charge is -2.27. The number of methoxy groups -OCH3 is 1. The standard InChI is InChI=1S/C22H25FN4O/c1-15(2)12-16-4-6-18(7-5-16)21(26-24)27-14-19(13-25-22(27)23)17-8-10-20(28-3)11-9-17/h4-11,13-15,22H,12,24H2,1-3H3. The average Bonchev–Trinajstić information content (AvgIpc) is 2.71. The van der Waals surface area contributed by atoms with Crippen LogP contribution in [-0.4, -0.2) is 30.5 Å². The third-order valence-corrected chi connectivity index (χ3v) is 4.49. The number of ether oxygens (including phenoxy) is 1. The number of allylic oxidation sites excluding steroid dienone is 1. The van der Waals surface area contributed by atoms with Gasteiger partial charge in [0.25, 0.3) is 6.42 Å². The summed E-state index contributed by atoms with van der Waals surface area (Å²) in [4.78, 5) is 5.31. The number of hydrazone groups is 1. The molecule has 146 valence electrons. The molecule has 3 rings (SSSR count). The first-order valence-corrected chi connectivity index (χ1v) is 9.21. The molecule has 0 radical (unpaired) electrons. The molecule has 1 aliphatic heterocycles. The van der Waals surface area contributed by atoms with Crippen molar-refractivity contribution >= 4 is 17.6 Å². The van der Waals surface area contributed by atoms with Crippen molar-refractivity contribution in [2.24, 2.45) is 21.9 Å². The molecule has 0 saturated heterocycles. The predicted molar refractivity (Wildman–Crippen MR) is 112 cm³/mol. The monoisotopic (exact) mass is 380 g/mol. The molecule has 1 heterocycles. The molecule has 0 saturated carbocycles. The first-order valence-electron chi connectivity index (χ1n) is 9.21. The third kappa shape index (κ3) is 4.39. The fourth-order valence-electron chi connectivity index (χ4n) is 3.10. The van der Waals surface area contributed by atoms with Crippen molar-refractivity contribution in [3.8, 4) is 5.75 Å². The molecule has 28 heavy (non-hydrogen) atoms. The molecule has 1 atom stereocenters. The van der Waals surface area contributed by atoms with Crippen molar-refractivity contribution in [2.45, 2.75) is 26.7 Å². The van der Waals surface area contributed by atoms with Crippen LogP contribution in [0, 0.1) is 5.92 Å². The molecule has 0 aromatic heterocycles. The highest BCUT2D eigenvalue weighted by atomic mass is 19.1. The van der Waals surface area contributed by atoms with Crippen molar-refractivity contribution in [2.75, 3.05) is 7.11 Å². The molecule has 0 bridgehead atoms. The van der Waals surface area contributed by atoms with Crippen LogP contribution in [-0.2, 0) is 6.42 Å². The molecule has 0 spiro atoms. The lowest BCUT2D eigenvalue weighted by Crippen LogP contribution is -2.36. The summed E-state index contributed by atoms with van der Waals surface area (Å²) in [6.45, 7) is 4.34. The van der Waals surface area contributed by atoms with Crippen LogP contribution >= 0.6 is 0 Å². The number of benzene rings is 2. The lowest BCUT2D eigenvalue weighted by atomic mass is 10.0. The van der Waals surface area contributed by atoms with E-state index >= 15 is 0 Å². The third-order valence-electron chi connectivity index (χ3n) is 4.49. The summed E-state index contributed by atoms with van der Waals surface area (Å²) in [6, 6.07) is 15.4. The average molecular weight is 380 g/mol. The second-order valence-electron chi connectivity index (χ2n) is 7.06. The maximum Gasteiger partial charge on any atom is 0.271 e. The van der Waals surface area contributed by atoms with Gasteiger partial charge < -0.3 is 10.6 Å². The first kappa shape index (κ1) is 19.6. The Labute approximate surface area is 165 Å². The Morgan fingerprint density at radius 3 is 2.43 bits per heavy atom. The van der Waals surface area contributed by atoms with E-state index in [1.54, 1.807) is 13.3 Å². The van der Waals surface area contributed by atoms with Crippen molar-refractivity contribution < 1.29 is 9.13 Å². The van der Waals surface area contributed by atoms with E-state index in [0.29, 0.717) is 11.8 Å². The van der Waals surface area contributed by atoms with Crippen molar-refractivity contribution in [1.82, 2.24) is 4.90 Å². The van der Waals surface area contributed by atoms with E-state index in [4.69, 9.17) is 10.6 Å². The van der Waals surface area contributed by atoms with E-state index in [0.717, 1.165) is 28.9 Å². The highest BCUT2D eigenvalue weighted by Crippen LogP contribution is 2.24. The fraction of sp³-hybridized carbons (Fsp3) is 0.273. The molecule has 6 heteroatoms. The van der Waals surface area contributed by atoms with Gasteiger partial charge in [-0.05, 0) is 35.6 Å². The molecule has 1 aliphatic rings. The number of rotatable bonds is 5. The molecule has 0 amide bonds. The van der Waals surface area contributed by atoms with Gasteiger partial charge in [-0.2, -0.15) is 9.49 Å². The Hall–Kier alpha value is -3.15. The van der Waals surface area contributed by atoms with Gasteiger partial charge in [0, 0.05) is 23.6 Å². The molecular formula is C22H25FN4O. The number of halogens is 1. The number of alkyl halides is 1. The molecule has 2 aromatic rings. The molecule has 0 fully saturated rings. The second kappa shape index (κ2) is 8.69. The van der Waals surface area contributed by atoms with Gasteiger partial charge in [-0.3, -0.25) is 4.90 Å². The van der Waals surface area contributed by atoms with Crippen LogP contribution in [0.5, 0.6) is 5.75 Å². The second-order valence-corrected chi connectivity index (χ2v) is 7.06. The van der Waals surface area contributed by atoms with Crippen LogP contribution in [0.4, 0.5) is 4.39 Å². The molecule has 0 aliphatic carbocycles. The maximum absolute atomic E-state index is 14.6. The quantitative estimate of drug-likeness (QED) is 0.278. The summed E-state index contributed by atoms with van der Waals surface area (Å²) in [5, 5.41) is 3.84. The van der Waals surface area contributed by atoms with Gasteiger partial charge in [0.05, 0.1) is 7.11 Å². The number of amidine groups is 1. The summed E-state index contributed by atoms with van der Waals surface area (Å²) < 4.78 is 19.7. The zero-order chi connectivity index (χ0) is 20.1. The van der Waals surface area contributed by atoms with Gasteiger partial charge in [-0.15, -0.1) is 0 Å². The molecular weight excluding hydrogens is 355 g/mol. The van der Waals surface area contributed by atoms with Crippen LogP contribution in [0.3, 0.4) is 0 Å². The van der Waals surface area contributed by atoms with Gasteiger partial charge in [-0.25, -0.2) is 4.99 Å². The summed E-state index contributed by atoms with van der Waals surface area (Å²) in [7, 11) is 1.61. The SMILES string of the molecule is COc1ccc(C2=CN(C(=NN)c3ccc(CC(C)C)cc3)C(F)N=C2)cc1. The van der Waals surface area contributed by atoms with Crippen LogP contribution in [0.15, 0.2) is 64.8 Å². The number of nitrogens with two attached hydrogens (primary N) is 1. The Kier molecular flexibility index (Phi) is 6.09. The van der Waals surface area contributed by atoms with E-state index < -0.39 is 6.42 Å². The molecule has 1 unspecified atom stereocenters. The topological polar surface area (TPSA) is 63.2 Å². The largest absolute Gasteiger partial charge is 0.497 e. The van der Waals surface area contributed by atoms with Crippen LogP contribution < -0.4 is 10.6 Å². The highest BCUT2D eigenvalue weighted by molar-refractivity contribution is 6.12. The van der Waals surface area contributed by atoms with Gasteiger partial charge in [0.1, 0.15) is 5.75 Å². The summed E-state index contributed by atoms with van der Waals surface area (Å²) >= 11 is 0. The minimum atomic E-state index is -1.58. The van der Waals surface area contributed by atoms with Crippen molar-refractivity contribution in [1.29, 1.82) is 0 Å². The number of hydrogen-bond donors (Lipinski definition) is 1. The van der Waals surface area contributed by atoms with Gasteiger partial charge in [-0.1, -0.05) is 50.2 Å². The van der Waals surface area contributed by atoms with E-state index in [-0.39, 0.29) is 0 Å². The van der Waals surface area contributed by atoms with E-state index in [1.165, 1.54) is 16.7 Å². The van der Waals surface area contributed by atoms with Gasteiger partial charge in [0.15, 0.2) is 5.84 Å². The minimum absolute atomic E-state index is 0.325. The lowest BCUT2D eigenvalue weighted by molar-refractivity contribution is 0.209. The first-order chi connectivity index (χ1) is 13.5. The highest BCUT2D eigenvalue weighted by Gasteiger charge is 2.24. The maximum atomic E-state index is 14.6. The molecule has 5 nitrogen and oxygen atoms in total. The van der Waals surface area contributed by atoms with Crippen LogP contribution in [0.1, 0.15) is 30.5 Å². The normalized spacial score (nSPS) is 17.0. The van der Waals surface area contributed by atoms with E-state index in [9.17, 15) is 4.39 Å².